The minimum Gasteiger partial charge on any atom is -0.361 e. The highest BCUT2D eigenvalue weighted by atomic mass is 16.5. The van der Waals surface area contributed by atoms with Gasteiger partial charge in [0.15, 0.2) is 0 Å². The van der Waals surface area contributed by atoms with Gasteiger partial charge >= 0.3 is 0 Å². The van der Waals surface area contributed by atoms with E-state index in [0.29, 0.717) is 5.69 Å². The molecule has 0 aliphatic rings. The Labute approximate surface area is 59.3 Å². The van der Waals surface area contributed by atoms with Crippen LogP contribution in [0.15, 0.2) is 18.3 Å². The van der Waals surface area contributed by atoms with E-state index in [2.05, 4.69) is 4.98 Å². The van der Waals surface area contributed by atoms with Gasteiger partial charge in [-0.1, -0.05) is 6.92 Å². The third kappa shape index (κ3) is 1.20. The SMILES string of the molecule is CCC(O)(O)c1ccc[nH]1. The summed E-state index contributed by atoms with van der Waals surface area (Å²) in [4.78, 5) is 2.73. The summed E-state index contributed by atoms with van der Waals surface area (Å²) < 4.78 is 0. The minimum absolute atomic E-state index is 0.285. The Kier molecular flexibility index (Phi) is 1.78. The van der Waals surface area contributed by atoms with E-state index in [1.165, 1.54) is 0 Å². The number of aromatic amines is 1. The average molecular weight is 141 g/mol. The van der Waals surface area contributed by atoms with Crippen LogP contribution in [0.5, 0.6) is 0 Å². The predicted molar refractivity (Wildman–Crippen MR) is 37.2 cm³/mol. The van der Waals surface area contributed by atoms with E-state index in [0.717, 1.165) is 0 Å². The van der Waals surface area contributed by atoms with Crippen LogP contribution in [-0.4, -0.2) is 15.2 Å². The molecule has 0 atom stereocenters. The van der Waals surface area contributed by atoms with Gasteiger partial charge in [-0.05, 0) is 12.1 Å². The van der Waals surface area contributed by atoms with Gasteiger partial charge in [0.05, 0.1) is 5.69 Å². The first-order chi connectivity index (χ1) is 4.67. The molecule has 0 spiro atoms. The number of H-pyrrole nitrogens is 1. The van der Waals surface area contributed by atoms with Crippen molar-refractivity contribution in [3.05, 3.63) is 24.0 Å². The van der Waals surface area contributed by atoms with Crippen LogP contribution < -0.4 is 0 Å². The van der Waals surface area contributed by atoms with Gasteiger partial charge in [-0.2, -0.15) is 0 Å². The molecule has 1 rings (SSSR count). The highest BCUT2D eigenvalue weighted by Crippen LogP contribution is 2.18. The van der Waals surface area contributed by atoms with Crippen LogP contribution in [0.3, 0.4) is 0 Å². The Balaban J connectivity index is 2.85. The van der Waals surface area contributed by atoms with Gasteiger partial charge in [-0.25, -0.2) is 0 Å². The highest BCUT2D eigenvalue weighted by molar-refractivity contribution is 5.09. The molecular weight excluding hydrogens is 130 g/mol. The first-order valence-electron chi connectivity index (χ1n) is 3.25. The van der Waals surface area contributed by atoms with Crippen LogP contribution in [-0.2, 0) is 5.79 Å². The molecule has 0 amide bonds. The van der Waals surface area contributed by atoms with Gasteiger partial charge in [-0.15, -0.1) is 0 Å². The smallest absolute Gasteiger partial charge is 0.204 e. The molecule has 3 heteroatoms. The van der Waals surface area contributed by atoms with Gasteiger partial charge in [0.1, 0.15) is 0 Å². The second-order valence-corrected chi connectivity index (χ2v) is 2.25. The van der Waals surface area contributed by atoms with E-state index < -0.39 is 5.79 Å². The zero-order valence-electron chi connectivity index (χ0n) is 5.83. The first kappa shape index (κ1) is 7.31. The van der Waals surface area contributed by atoms with E-state index in [4.69, 9.17) is 0 Å². The topological polar surface area (TPSA) is 56.2 Å². The molecule has 0 aliphatic heterocycles. The maximum Gasteiger partial charge on any atom is 0.204 e. The molecule has 10 heavy (non-hydrogen) atoms. The molecule has 3 nitrogen and oxygen atoms in total. The molecule has 0 aliphatic carbocycles. The Bertz CT molecular complexity index is 191. The fourth-order valence-corrected chi connectivity index (χ4v) is 0.770. The van der Waals surface area contributed by atoms with Crippen LogP contribution in [0.2, 0.25) is 0 Å². The molecule has 0 unspecified atom stereocenters. The molecule has 0 saturated carbocycles. The van der Waals surface area contributed by atoms with Gasteiger partial charge in [0.2, 0.25) is 5.79 Å². The zero-order valence-corrected chi connectivity index (χ0v) is 5.83. The molecular formula is C7H11NO2. The Morgan fingerprint density at radius 1 is 1.60 bits per heavy atom. The van der Waals surface area contributed by atoms with E-state index in [1.54, 1.807) is 25.3 Å². The number of nitrogens with one attached hydrogen (secondary N) is 1. The van der Waals surface area contributed by atoms with Crippen LogP contribution in [0.25, 0.3) is 0 Å². The second-order valence-electron chi connectivity index (χ2n) is 2.25. The van der Waals surface area contributed by atoms with Crippen molar-refractivity contribution >= 4 is 0 Å². The van der Waals surface area contributed by atoms with Crippen molar-refractivity contribution in [2.45, 2.75) is 19.1 Å². The molecule has 0 radical (unpaired) electrons. The van der Waals surface area contributed by atoms with Crippen molar-refractivity contribution in [2.75, 3.05) is 0 Å². The lowest BCUT2D eigenvalue weighted by molar-refractivity contribution is -0.173. The summed E-state index contributed by atoms with van der Waals surface area (Å²) in [5.41, 5.74) is 0.440. The van der Waals surface area contributed by atoms with Gasteiger partial charge in [0.25, 0.3) is 0 Å². The molecule has 0 bridgehead atoms. The van der Waals surface area contributed by atoms with Crippen LogP contribution in [0, 0.1) is 0 Å². The fourth-order valence-electron chi connectivity index (χ4n) is 0.770. The summed E-state index contributed by atoms with van der Waals surface area (Å²) in [5.74, 6) is -1.69. The lowest BCUT2D eigenvalue weighted by atomic mass is 10.1. The van der Waals surface area contributed by atoms with Gasteiger partial charge in [-0.3, -0.25) is 0 Å². The third-order valence-electron chi connectivity index (χ3n) is 1.52. The van der Waals surface area contributed by atoms with Crippen molar-refractivity contribution in [3.8, 4) is 0 Å². The maximum atomic E-state index is 9.21. The Hall–Kier alpha value is -0.800. The summed E-state index contributed by atoms with van der Waals surface area (Å²) in [6, 6.07) is 3.37. The van der Waals surface area contributed by atoms with Crippen LogP contribution in [0.4, 0.5) is 0 Å². The fraction of sp³-hybridized carbons (Fsp3) is 0.429. The number of aromatic nitrogens is 1. The molecule has 3 N–H and O–H groups in total. The van der Waals surface area contributed by atoms with Crippen molar-refractivity contribution < 1.29 is 10.2 Å². The van der Waals surface area contributed by atoms with Crippen LogP contribution in [0.1, 0.15) is 19.0 Å². The number of rotatable bonds is 2. The molecule has 1 aromatic rings. The van der Waals surface area contributed by atoms with Crippen molar-refractivity contribution in [2.24, 2.45) is 0 Å². The molecule has 1 heterocycles. The highest BCUT2D eigenvalue weighted by Gasteiger charge is 2.23. The van der Waals surface area contributed by atoms with E-state index in [9.17, 15) is 10.2 Å². The van der Waals surface area contributed by atoms with E-state index in [1.807, 2.05) is 0 Å². The van der Waals surface area contributed by atoms with Crippen molar-refractivity contribution in [1.82, 2.24) is 4.98 Å². The lowest BCUT2D eigenvalue weighted by Gasteiger charge is -2.17. The number of hydrogen-bond donors (Lipinski definition) is 3. The standard InChI is InChI=1S/C7H11NO2/c1-2-7(9,10)6-4-3-5-8-6/h3-5,8-10H,2H2,1H3. The second kappa shape index (κ2) is 2.44. The maximum absolute atomic E-state index is 9.21. The normalized spacial score (nSPS) is 11.9. The number of hydrogen-bond acceptors (Lipinski definition) is 2. The quantitative estimate of drug-likeness (QED) is 0.527. The minimum atomic E-state index is -1.69. The summed E-state index contributed by atoms with van der Waals surface area (Å²) in [6.45, 7) is 1.71. The molecule has 0 saturated heterocycles. The summed E-state index contributed by atoms with van der Waals surface area (Å²) in [7, 11) is 0. The monoisotopic (exact) mass is 141 g/mol. The zero-order chi connectivity index (χ0) is 7.61. The Morgan fingerprint density at radius 3 is 2.70 bits per heavy atom. The average Bonchev–Trinajstić information content (AvgIpc) is 2.38. The van der Waals surface area contributed by atoms with E-state index in [-0.39, 0.29) is 6.42 Å². The predicted octanol–water partition coefficient (Wildman–Crippen LogP) is 0.562. The van der Waals surface area contributed by atoms with Crippen molar-refractivity contribution in [3.63, 3.8) is 0 Å². The lowest BCUT2D eigenvalue weighted by Crippen LogP contribution is -2.23. The molecule has 56 valence electrons. The van der Waals surface area contributed by atoms with Gasteiger partial charge < -0.3 is 15.2 Å². The number of aliphatic hydroxyl groups is 2. The van der Waals surface area contributed by atoms with Gasteiger partial charge in [0, 0.05) is 12.6 Å². The molecule has 1 aromatic heterocycles. The largest absolute Gasteiger partial charge is 0.361 e. The summed E-state index contributed by atoms with van der Waals surface area (Å²) in [5, 5.41) is 18.4. The van der Waals surface area contributed by atoms with Crippen molar-refractivity contribution in [1.29, 1.82) is 0 Å². The summed E-state index contributed by atoms with van der Waals surface area (Å²) >= 11 is 0. The summed E-state index contributed by atoms with van der Waals surface area (Å²) in [6.07, 6.45) is 1.94. The molecule has 0 aromatic carbocycles. The molecule has 0 fully saturated rings. The third-order valence-corrected chi connectivity index (χ3v) is 1.52. The first-order valence-corrected chi connectivity index (χ1v) is 3.25. The van der Waals surface area contributed by atoms with E-state index >= 15 is 0 Å². The van der Waals surface area contributed by atoms with Crippen LogP contribution >= 0.6 is 0 Å². The Morgan fingerprint density at radius 2 is 2.30 bits per heavy atom.